The van der Waals surface area contributed by atoms with Crippen molar-refractivity contribution < 1.29 is 13.2 Å². The highest BCUT2D eigenvalue weighted by atomic mass is 35.5. The Balaban J connectivity index is 2.13. The molecule has 0 saturated heterocycles. The molecule has 0 atom stereocenters. The maximum absolute atomic E-state index is 12.8. The molecule has 2 aromatic rings. The Bertz CT molecular complexity index is 961. The number of nitrogens with zero attached hydrogens (tertiary/aromatic N) is 1. The van der Waals surface area contributed by atoms with Crippen LogP contribution >= 0.6 is 23.2 Å². The van der Waals surface area contributed by atoms with Crippen LogP contribution in [-0.2, 0) is 14.8 Å². The van der Waals surface area contributed by atoms with Gasteiger partial charge >= 0.3 is 0 Å². The summed E-state index contributed by atoms with van der Waals surface area (Å²) >= 11 is 11.9. The van der Waals surface area contributed by atoms with Gasteiger partial charge in [0.05, 0.1) is 22.2 Å². The summed E-state index contributed by atoms with van der Waals surface area (Å²) in [4.78, 5) is 12.4. The summed E-state index contributed by atoms with van der Waals surface area (Å²) in [5, 5.41) is 6.44. The van der Waals surface area contributed by atoms with Crippen molar-refractivity contribution in [1.29, 1.82) is 0 Å². The van der Waals surface area contributed by atoms with Gasteiger partial charge in [0, 0.05) is 23.8 Å². The maximum atomic E-state index is 12.8. The number of nitrogens with one attached hydrogen (secondary N) is 2. The van der Waals surface area contributed by atoms with Gasteiger partial charge in [-0.3, -0.25) is 4.79 Å². The van der Waals surface area contributed by atoms with Crippen molar-refractivity contribution in [2.24, 2.45) is 0 Å². The third-order valence-electron chi connectivity index (χ3n) is 4.17. The second kappa shape index (κ2) is 9.60. The zero-order chi connectivity index (χ0) is 20.9. The molecule has 2 N–H and O–H groups in total. The van der Waals surface area contributed by atoms with Crippen LogP contribution in [0.15, 0.2) is 41.3 Å². The molecule has 0 saturated carbocycles. The molecule has 0 heterocycles. The lowest BCUT2D eigenvalue weighted by Crippen LogP contribution is -2.31. The van der Waals surface area contributed by atoms with E-state index < -0.39 is 10.0 Å². The molecule has 0 bridgehead atoms. The second-order valence-corrected chi connectivity index (χ2v) is 8.85. The Morgan fingerprint density at radius 3 is 2.39 bits per heavy atom. The summed E-state index contributed by atoms with van der Waals surface area (Å²) in [5.41, 5.74) is 1.59. The van der Waals surface area contributed by atoms with Crippen LogP contribution in [0.3, 0.4) is 0 Å². The summed E-state index contributed by atoms with van der Waals surface area (Å²) < 4.78 is 27.0. The van der Waals surface area contributed by atoms with Crippen molar-refractivity contribution in [2.75, 3.05) is 30.3 Å². The van der Waals surface area contributed by atoms with Crippen LogP contribution in [0.1, 0.15) is 19.4 Å². The summed E-state index contributed by atoms with van der Waals surface area (Å²) in [6.07, 6.45) is 0. The van der Waals surface area contributed by atoms with Crippen LogP contribution < -0.4 is 10.6 Å². The number of hydrogen-bond acceptors (Lipinski definition) is 4. The summed E-state index contributed by atoms with van der Waals surface area (Å²) in [6.45, 7) is 6.05. The Morgan fingerprint density at radius 1 is 1.07 bits per heavy atom. The molecule has 2 aromatic carbocycles. The van der Waals surface area contributed by atoms with Gasteiger partial charge in [0.15, 0.2) is 0 Å². The zero-order valence-electron chi connectivity index (χ0n) is 15.9. The van der Waals surface area contributed by atoms with Gasteiger partial charge in [0.1, 0.15) is 0 Å². The molecular weight excluding hydrogens is 421 g/mol. The minimum atomic E-state index is -3.59. The average molecular weight is 444 g/mol. The predicted octanol–water partition coefficient (Wildman–Crippen LogP) is 4.38. The first-order chi connectivity index (χ1) is 13.2. The van der Waals surface area contributed by atoms with E-state index in [1.807, 2.05) is 0 Å². The van der Waals surface area contributed by atoms with Crippen molar-refractivity contribution in [3.05, 3.63) is 52.0 Å². The van der Waals surface area contributed by atoms with E-state index >= 15 is 0 Å². The first-order valence-corrected chi connectivity index (χ1v) is 11.0. The van der Waals surface area contributed by atoms with Crippen LogP contribution in [0.25, 0.3) is 0 Å². The second-order valence-electron chi connectivity index (χ2n) is 6.10. The number of anilines is 2. The lowest BCUT2D eigenvalue weighted by molar-refractivity contribution is -0.114. The van der Waals surface area contributed by atoms with Crippen molar-refractivity contribution in [3.63, 3.8) is 0 Å². The van der Waals surface area contributed by atoms with Crippen LogP contribution in [0.2, 0.25) is 10.0 Å². The van der Waals surface area contributed by atoms with E-state index in [2.05, 4.69) is 10.6 Å². The van der Waals surface area contributed by atoms with E-state index in [1.54, 1.807) is 57.2 Å². The first kappa shape index (κ1) is 22.5. The lowest BCUT2D eigenvalue weighted by atomic mass is 10.2. The maximum Gasteiger partial charge on any atom is 0.243 e. The molecule has 2 rings (SSSR count). The van der Waals surface area contributed by atoms with E-state index in [0.717, 1.165) is 0 Å². The van der Waals surface area contributed by atoms with Crippen LogP contribution in [0.5, 0.6) is 0 Å². The molecule has 1 amide bonds. The molecule has 0 spiro atoms. The summed E-state index contributed by atoms with van der Waals surface area (Å²) in [5.74, 6) is -0.335. The molecule has 0 aromatic heterocycles. The van der Waals surface area contributed by atoms with Gasteiger partial charge in [0.2, 0.25) is 15.9 Å². The van der Waals surface area contributed by atoms with Gasteiger partial charge in [-0.1, -0.05) is 43.1 Å². The Morgan fingerprint density at radius 2 is 1.75 bits per heavy atom. The molecule has 6 nitrogen and oxygen atoms in total. The van der Waals surface area contributed by atoms with E-state index in [0.29, 0.717) is 40.1 Å². The Kier molecular flexibility index (Phi) is 7.71. The molecule has 28 heavy (non-hydrogen) atoms. The number of carbonyl (C=O) groups is 1. The minimum Gasteiger partial charge on any atom is -0.376 e. The predicted molar refractivity (Wildman–Crippen MR) is 115 cm³/mol. The third-order valence-corrected chi connectivity index (χ3v) is 6.92. The largest absolute Gasteiger partial charge is 0.376 e. The average Bonchev–Trinajstić information content (AvgIpc) is 2.64. The van der Waals surface area contributed by atoms with Crippen molar-refractivity contribution in [3.8, 4) is 0 Å². The highest BCUT2D eigenvalue weighted by Crippen LogP contribution is 2.26. The summed E-state index contributed by atoms with van der Waals surface area (Å²) in [6, 6.07) is 9.77. The number of amides is 1. The van der Waals surface area contributed by atoms with Gasteiger partial charge in [-0.15, -0.1) is 0 Å². The number of halogens is 2. The fourth-order valence-corrected chi connectivity index (χ4v) is 4.71. The molecule has 0 fully saturated rings. The van der Waals surface area contributed by atoms with Crippen LogP contribution in [-0.4, -0.2) is 38.3 Å². The number of aryl methyl sites for hydroxylation is 1. The number of sulfonamides is 1. The molecule has 0 unspecified atom stereocenters. The highest BCUT2D eigenvalue weighted by Gasteiger charge is 2.23. The van der Waals surface area contributed by atoms with Gasteiger partial charge in [-0.05, 0) is 42.8 Å². The van der Waals surface area contributed by atoms with Gasteiger partial charge in [-0.2, -0.15) is 4.31 Å². The summed E-state index contributed by atoms with van der Waals surface area (Å²) in [7, 11) is -3.59. The Labute approximate surface area is 175 Å². The van der Waals surface area contributed by atoms with Crippen LogP contribution in [0.4, 0.5) is 11.4 Å². The minimum absolute atomic E-state index is 0.0589. The van der Waals surface area contributed by atoms with Crippen molar-refractivity contribution >= 4 is 50.5 Å². The van der Waals surface area contributed by atoms with E-state index in [-0.39, 0.29) is 17.3 Å². The number of rotatable bonds is 8. The monoisotopic (exact) mass is 443 g/mol. The van der Waals surface area contributed by atoms with Crippen molar-refractivity contribution in [2.45, 2.75) is 25.7 Å². The Hall–Kier alpha value is -1.80. The van der Waals surface area contributed by atoms with Crippen LogP contribution in [0, 0.1) is 6.92 Å². The highest BCUT2D eigenvalue weighted by molar-refractivity contribution is 7.89. The van der Waals surface area contributed by atoms with E-state index in [9.17, 15) is 13.2 Å². The molecular formula is C19H23Cl2N3O3S. The normalized spacial score (nSPS) is 11.5. The molecule has 9 heteroatoms. The number of benzene rings is 2. The zero-order valence-corrected chi connectivity index (χ0v) is 18.2. The first-order valence-electron chi connectivity index (χ1n) is 8.78. The van der Waals surface area contributed by atoms with Gasteiger partial charge in [-0.25, -0.2) is 8.42 Å². The fraction of sp³-hybridized carbons (Fsp3) is 0.316. The smallest absolute Gasteiger partial charge is 0.243 e. The van der Waals surface area contributed by atoms with Crippen molar-refractivity contribution in [1.82, 2.24) is 4.31 Å². The lowest BCUT2D eigenvalue weighted by Gasteiger charge is -2.20. The number of carbonyl (C=O) groups excluding carboxylic acids is 1. The number of hydrogen-bond donors (Lipinski definition) is 2. The van der Waals surface area contributed by atoms with E-state index in [4.69, 9.17) is 23.2 Å². The molecule has 152 valence electrons. The fourth-order valence-electron chi connectivity index (χ4n) is 2.66. The molecule has 0 aliphatic heterocycles. The molecule has 0 aliphatic rings. The standard InChI is InChI=1S/C19H23Cl2N3O3S/c1-4-24(5-2)28(26,27)18-11-15(8-6-13(18)3)22-12-19(25)23-17-10-14(20)7-9-16(17)21/h6-11,22H,4-5,12H2,1-3H3,(H,23,25). The van der Waals surface area contributed by atoms with Gasteiger partial charge in [0.25, 0.3) is 0 Å². The van der Waals surface area contributed by atoms with E-state index in [1.165, 1.54) is 4.31 Å². The third kappa shape index (κ3) is 5.38. The van der Waals surface area contributed by atoms with Gasteiger partial charge < -0.3 is 10.6 Å². The molecule has 0 radical (unpaired) electrons. The topological polar surface area (TPSA) is 78.5 Å². The quantitative estimate of drug-likeness (QED) is 0.634. The molecule has 0 aliphatic carbocycles. The SMILES string of the molecule is CCN(CC)S(=O)(=O)c1cc(NCC(=O)Nc2cc(Cl)ccc2Cl)ccc1C.